The number of nitrogens with zero attached hydrogens (tertiary/aromatic N) is 1. The smallest absolute Gasteiger partial charge is 0.193 e. The Hall–Kier alpha value is -1.09. The van der Waals surface area contributed by atoms with Crippen molar-refractivity contribution in [2.75, 3.05) is 0 Å². The van der Waals surface area contributed by atoms with Gasteiger partial charge in [-0.25, -0.2) is 4.98 Å². The Morgan fingerprint density at radius 1 is 1.17 bits per heavy atom. The Labute approximate surface area is 176 Å². The van der Waals surface area contributed by atoms with Crippen LogP contribution in [0, 0.1) is 40.4 Å². The number of aryl methyl sites for hydroxylation is 1. The van der Waals surface area contributed by atoms with Gasteiger partial charge in [0.2, 0.25) is 0 Å². The van der Waals surface area contributed by atoms with E-state index in [1.54, 1.807) is 18.0 Å². The summed E-state index contributed by atoms with van der Waals surface area (Å²) in [5.74, 6) is 5.07. The number of oxazole rings is 1. The first kappa shape index (κ1) is 19.8. The van der Waals surface area contributed by atoms with E-state index in [9.17, 15) is 5.11 Å². The van der Waals surface area contributed by atoms with Gasteiger partial charge < -0.3 is 9.52 Å². The molecule has 5 rings (SSSR count). The number of allylic oxidation sites excluding steroid dienone is 1. The third kappa shape index (κ3) is 3.14. The molecule has 160 valence electrons. The molecule has 1 aromatic heterocycles. The first-order valence-corrected chi connectivity index (χ1v) is 12.2. The van der Waals surface area contributed by atoms with Crippen molar-refractivity contribution in [3.05, 3.63) is 30.0 Å². The third-order valence-corrected chi connectivity index (χ3v) is 10.1. The molecule has 3 saturated carbocycles. The fourth-order valence-corrected chi connectivity index (χ4v) is 8.55. The summed E-state index contributed by atoms with van der Waals surface area (Å²) in [4.78, 5) is 4.33. The van der Waals surface area contributed by atoms with Crippen LogP contribution in [0.25, 0.3) is 0 Å². The molecule has 3 heteroatoms. The van der Waals surface area contributed by atoms with Crippen molar-refractivity contribution >= 4 is 0 Å². The summed E-state index contributed by atoms with van der Waals surface area (Å²) in [6.07, 6.45) is 18.1. The zero-order chi connectivity index (χ0) is 20.2. The minimum absolute atomic E-state index is 0.0971. The van der Waals surface area contributed by atoms with Gasteiger partial charge in [0.05, 0.1) is 12.3 Å². The highest BCUT2D eigenvalue weighted by atomic mass is 16.3. The van der Waals surface area contributed by atoms with Gasteiger partial charge >= 0.3 is 0 Å². The second-order valence-corrected chi connectivity index (χ2v) is 11.3. The second-order valence-electron chi connectivity index (χ2n) is 11.3. The lowest BCUT2D eigenvalue weighted by Crippen LogP contribution is -2.50. The average molecular weight is 398 g/mol. The molecule has 0 aromatic carbocycles. The molecule has 0 saturated heterocycles. The molecule has 3 nitrogen and oxygen atoms in total. The van der Waals surface area contributed by atoms with E-state index in [0.717, 1.165) is 54.7 Å². The number of hydrogen-bond donors (Lipinski definition) is 1. The van der Waals surface area contributed by atoms with E-state index in [2.05, 4.69) is 31.8 Å². The summed E-state index contributed by atoms with van der Waals surface area (Å²) in [6.45, 7) is 7.66. The predicted molar refractivity (Wildman–Crippen MR) is 115 cm³/mol. The average Bonchev–Trinajstić information content (AvgIpc) is 3.34. The Balaban J connectivity index is 1.33. The molecule has 1 aromatic rings. The highest BCUT2D eigenvalue weighted by molar-refractivity contribution is 5.25. The van der Waals surface area contributed by atoms with Crippen LogP contribution < -0.4 is 0 Å². The van der Waals surface area contributed by atoms with Gasteiger partial charge in [-0.15, -0.1) is 0 Å². The van der Waals surface area contributed by atoms with Crippen LogP contribution >= 0.6 is 0 Å². The van der Waals surface area contributed by atoms with E-state index in [-0.39, 0.29) is 6.10 Å². The lowest BCUT2D eigenvalue weighted by molar-refractivity contribution is -0.0572. The largest absolute Gasteiger partial charge is 0.449 e. The molecule has 4 aliphatic rings. The van der Waals surface area contributed by atoms with Crippen molar-refractivity contribution in [1.82, 2.24) is 4.98 Å². The number of rotatable bonds is 4. The molecule has 0 bridgehead atoms. The van der Waals surface area contributed by atoms with Crippen LogP contribution in [0.3, 0.4) is 0 Å². The number of aliphatic hydroxyl groups excluding tert-OH is 1. The van der Waals surface area contributed by atoms with Crippen molar-refractivity contribution in [3.8, 4) is 0 Å². The van der Waals surface area contributed by atoms with Crippen molar-refractivity contribution in [2.24, 2.45) is 40.4 Å². The SMILES string of the molecule is C[C@H](CCc1ncco1)[C@H]1CC[C@H]2[C@@H]3CC=C4C[C@@H](O)CC[C@]4(C)[C@H]3CC[C@]12C. The Morgan fingerprint density at radius 2 is 2.03 bits per heavy atom. The highest BCUT2D eigenvalue weighted by Gasteiger charge is 2.59. The van der Waals surface area contributed by atoms with E-state index in [1.807, 2.05) is 0 Å². The summed E-state index contributed by atoms with van der Waals surface area (Å²) in [5, 5.41) is 10.2. The van der Waals surface area contributed by atoms with Crippen LogP contribution in [0.15, 0.2) is 28.5 Å². The molecular weight excluding hydrogens is 358 g/mol. The zero-order valence-electron chi connectivity index (χ0n) is 18.6. The van der Waals surface area contributed by atoms with Gasteiger partial charge in [0.1, 0.15) is 6.26 Å². The number of aromatic nitrogens is 1. The second kappa shape index (κ2) is 7.25. The summed E-state index contributed by atoms with van der Waals surface area (Å²) in [6, 6.07) is 0. The maximum atomic E-state index is 10.2. The van der Waals surface area contributed by atoms with E-state index < -0.39 is 0 Å². The molecule has 4 aliphatic carbocycles. The topological polar surface area (TPSA) is 46.3 Å². The first-order chi connectivity index (χ1) is 13.9. The van der Waals surface area contributed by atoms with Crippen LogP contribution in [-0.4, -0.2) is 16.2 Å². The predicted octanol–water partition coefficient (Wildman–Crippen LogP) is 6.18. The van der Waals surface area contributed by atoms with Gasteiger partial charge in [-0.3, -0.25) is 0 Å². The Morgan fingerprint density at radius 3 is 2.83 bits per heavy atom. The van der Waals surface area contributed by atoms with Gasteiger partial charge in [0.15, 0.2) is 5.89 Å². The fraction of sp³-hybridized carbons (Fsp3) is 0.808. The minimum Gasteiger partial charge on any atom is -0.449 e. The van der Waals surface area contributed by atoms with Gasteiger partial charge in [-0.1, -0.05) is 32.4 Å². The van der Waals surface area contributed by atoms with E-state index >= 15 is 0 Å². The van der Waals surface area contributed by atoms with Crippen molar-refractivity contribution in [3.63, 3.8) is 0 Å². The summed E-state index contributed by atoms with van der Waals surface area (Å²) < 4.78 is 5.48. The fourth-order valence-electron chi connectivity index (χ4n) is 8.55. The normalized spacial score (nSPS) is 45.1. The Kier molecular flexibility index (Phi) is 4.96. The lowest BCUT2D eigenvalue weighted by Gasteiger charge is -2.58. The molecule has 0 spiro atoms. The van der Waals surface area contributed by atoms with E-state index in [1.165, 1.54) is 44.9 Å². The molecule has 1 heterocycles. The van der Waals surface area contributed by atoms with Crippen LogP contribution in [0.2, 0.25) is 0 Å². The van der Waals surface area contributed by atoms with Crippen molar-refractivity contribution in [2.45, 2.75) is 91.1 Å². The molecule has 0 amide bonds. The van der Waals surface area contributed by atoms with Crippen LogP contribution in [0.1, 0.15) is 84.4 Å². The molecule has 3 fully saturated rings. The minimum atomic E-state index is -0.0971. The summed E-state index contributed by atoms with van der Waals surface area (Å²) in [5.41, 5.74) is 2.46. The van der Waals surface area contributed by atoms with E-state index in [0.29, 0.717) is 10.8 Å². The Bertz CT molecular complexity index is 755. The van der Waals surface area contributed by atoms with E-state index in [4.69, 9.17) is 4.42 Å². The van der Waals surface area contributed by atoms with Crippen molar-refractivity contribution in [1.29, 1.82) is 0 Å². The monoisotopic (exact) mass is 397 g/mol. The third-order valence-electron chi connectivity index (χ3n) is 10.1. The summed E-state index contributed by atoms with van der Waals surface area (Å²) >= 11 is 0. The van der Waals surface area contributed by atoms with Crippen LogP contribution in [-0.2, 0) is 6.42 Å². The van der Waals surface area contributed by atoms with Crippen molar-refractivity contribution < 1.29 is 9.52 Å². The first-order valence-electron chi connectivity index (χ1n) is 12.2. The lowest BCUT2D eigenvalue weighted by atomic mass is 9.47. The van der Waals surface area contributed by atoms with Gasteiger partial charge in [0, 0.05) is 6.42 Å². The van der Waals surface area contributed by atoms with Crippen LogP contribution in [0.5, 0.6) is 0 Å². The summed E-state index contributed by atoms with van der Waals surface area (Å²) in [7, 11) is 0. The molecule has 0 unspecified atom stereocenters. The molecular formula is C26H39NO2. The molecule has 8 atom stereocenters. The standard InChI is InChI=1S/C26H39NO2/c1-17(4-9-24-27-14-15-29-24)21-7-8-22-20-6-5-18-16-19(28)10-12-25(18,2)23(20)11-13-26(21,22)3/h5,14-15,17,19-23,28H,4,6-13,16H2,1-3H3/t17-,19+,20+,21-,22+,23+,25+,26-/m1/s1. The molecule has 0 radical (unpaired) electrons. The quantitative estimate of drug-likeness (QED) is 0.617. The number of aliphatic hydroxyl groups is 1. The van der Waals surface area contributed by atoms with Gasteiger partial charge in [0.25, 0.3) is 0 Å². The van der Waals surface area contributed by atoms with Gasteiger partial charge in [-0.2, -0.15) is 0 Å². The van der Waals surface area contributed by atoms with Crippen LogP contribution in [0.4, 0.5) is 0 Å². The maximum absolute atomic E-state index is 10.2. The number of fused-ring (bicyclic) bond motifs is 5. The van der Waals surface area contributed by atoms with Gasteiger partial charge in [-0.05, 0) is 98.2 Å². The molecule has 1 N–H and O–H groups in total. The molecule has 0 aliphatic heterocycles. The maximum Gasteiger partial charge on any atom is 0.193 e. The highest BCUT2D eigenvalue weighted by Crippen LogP contribution is 2.67. The molecule has 29 heavy (non-hydrogen) atoms. The number of hydrogen-bond acceptors (Lipinski definition) is 3. The zero-order valence-corrected chi connectivity index (χ0v) is 18.6.